The molecule has 4 heteroatoms. The summed E-state index contributed by atoms with van der Waals surface area (Å²) in [4.78, 5) is 11.7. The van der Waals surface area contributed by atoms with Crippen molar-refractivity contribution < 1.29 is 9.53 Å². The zero-order valence-corrected chi connectivity index (χ0v) is 10.6. The average molecular weight is 247 g/mol. The van der Waals surface area contributed by atoms with Crippen molar-refractivity contribution in [2.75, 3.05) is 6.61 Å². The Morgan fingerprint density at radius 2 is 2.06 bits per heavy atom. The number of hydrogen-bond acceptors (Lipinski definition) is 4. The summed E-state index contributed by atoms with van der Waals surface area (Å²) in [6, 6.07) is 7.94. The van der Waals surface area contributed by atoms with E-state index in [2.05, 4.69) is 4.37 Å². The first kappa shape index (κ1) is 11.8. The Bertz CT molecular complexity index is 516. The predicted octanol–water partition coefficient (Wildman–Crippen LogP) is 3.30. The smallest absolute Gasteiger partial charge is 0.341 e. The van der Waals surface area contributed by atoms with E-state index < -0.39 is 0 Å². The number of aryl methyl sites for hydroxylation is 1. The molecule has 0 spiro atoms. The first-order valence-electron chi connectivity index (χ1n) is 5.41. The van der Waals surface area contributed by atoms with Gasteiger partial charge in [0.1, 0.15) is 0 Å². The summed E-state index contributed by atoms with van der Waals surface area (Å²) >= 11 is 1.27. The van der Waals surface area contributed by atoms with Gasteiger partial charge in [-0.2, -0.15) is 4.37 Å². The van der Waals surface area contributed by atoms with Crippen molar-refractivity contribution >= 4 is 17.5 Å². The highest BCUT2D eigenvalue weighted by atomic mass is 32.1. The molecule has 0 saturated carbocycles. The van der Waals surface area contributed by atoms with Gasteiger partial charge >= 0.3 is 5.97 Å². The zero-order chi connectivity index (χ0) is 12.3. The van der Waals surface area contributed by atoms with E-state index in [9.17, 15) is 4.79 Å². The normalized spacial score (nSPS) is 10.2. The van der Waals surface area contributed by atoms with Crippen molar-refractivity contribution in [3.05, 3.63) is 40.8 Å². The van der Waals surface area contributed by atoms with Gasteiger partial charge < -0.3 is 4.74 Å². The second kappa shape index (κ2) is 5.10. The summed E-state index contributed by atoms with van der Waals surface area (Å²) in [7, 11) is 0. The lowest BCUT2D eigenvalue weighted by Crippen LogP contribution is -2.04. The van der Waals surface area contributed by atoms with E-state index in [0.717, 1.165) is 5.56 Å². The van der Waals surface area contributed by atoms with Gasteiger partial charge in [-0.15, -0.1) is 0 Å². The minimum Gasteiger partial charge on any atom is -0.462 e. The maximum atomic E-state index is 11.7. The van der Waals surface area contributed by atoms with Gasteiger partial charge in [0.05, 0.1) is 17.9 Å². The third-order valence-electron chi connectivity index (χ3n) is 2.39. The van der Waals surface area contributed by atoms with Crippen LogP contribution in [0.2, 0.25) is 0 Å². The molecule has 2 rings (SSSR count). The summed E-state index contributed by atoms with van der Waals surface area (Å²) in [5.41, 5.74) is 3.37. The largest absolute Gasteiger partial charge is 0.462 e. The molecular weight excluding hydrogens is 234 g/mol. The van der Waals surface area contributed by atoms with Crippen LogP contribution in [0.15, 0.2) is 29.6 Å². The van der Waals surface area contributed by atoms with E-state index >= 15 is 0 Å². The molecule has 0 unspecified atom stereocenters. The minimum atomic E-state index is -0.308. The molecule has 0 aliphatic rings. The second-order valence-corrected chi connectivity index (χ2v) is 4.29. The summed E-state index contributed by atoms with van der Waals surface area (Å²) in [5.74, 6) is -0.308. The Balaban J connectivity index is 2.36. The van der Waals surface area contributed by atoms with Gasteiger partial charge in [0.15, 0.2) is 0 Å². The number of esters is 1. The molecular formula is C13H13NO2S. The topological polar surface area (TPSA) is 39.2 Å². The van der Waals surface area contributed by atoms with Gasteiger partial charge in [0.25, 0.3) is 0 Å². The molecule has 0 bridgehead atoms. The molecule has 1 aromatic heterocycles. The van der Waals surface area contributed by atoms with E-state index in [4.69, 9.17) is 4.74 Å². The zero-order valence-electron chi connectivity index (χ0n) is 9.77. The number of carbonyl (C=O) groups is 1. The first-order chi connectivity index (χ1) is 8.22. The number of aromatic nitrogens is 1. The monoisotopic (exact) mass is 247 g/mol. The fourth-order valence-corrected chi connectivity index (χ4v) is 2.19. The van der Waals surface area contributed by atoms with Gasteiger partial charge in [-0.25, -0.2) is 4.79 Å². The molecule has 0 atom stereocenters. The Morgan fingerprint density at radius 1 is 1.35 bits per heavy atom. The lowest BCUT2D eigenvalue weighted by molar-refractivity contribution is 0.0527. The Kier molecular flexibility index (Phi) is 3.54. The number of carbonyl (C=O) groups excluding carboxylic acids is 1. The fourth-order valence-electron chi connectivity index (χ4n) is 1.51. The summed E-state index contributed by atoms with van der Waals surface area (Å²) in [5, 5.41) is 1.73. The molecule has 0 amide bonds. The maximum absolute atomic E-state index is 11.7. The van der Waals surface area contributed by atoms with Crippen LogP contribution in [0, 0.1) is 6.92 Å². The summed E-state index contributed by atoms with van der Waals surface area (Å²) < 4.78 is 9.26. The van der Waals surface area contributed by atoms with E-state index in [1.54, 1.807) is 12.3 Å². The first-order valence-corrected chi connectivity index (χ1v) is 6.24. The van der Waals surface area contributed by atoms with Crippen LogP contribution in [-0.4, -0.2) is 16.9 Å². The average Bonchev–Trinajstić information content (AvgIpc) is 2.79. The van der Waals surface area contributed by atoms with Gasteiger partial charge in [-0.05, 0) is 25.4 Å². The molecule has 1 heterocycles. The SMILES string of the molecule is CCOC(=O)c1csnc1-c1ccc(C)cc1. The van der Waals surface area contributed by atoms with Crippen LogP contribution in [0.4, 0.5) is 0 Å². The Hall–Kier alpha value is -1.68. The molecule has 0 fully saturated rings. The van der Waals surface area contributed by atoms with Gasteiger partial charge in [-0.1, -0.05) is 29.8 Å². The quantitative estimate of drug-likeness (QED) is 0.781. The third kappa shape index (κ3) is 2.53. The summed E-state index contributed by atoms with van der Waals surface area (Å²) in [6.45, 7) is 4.20. The number of hydrogen-bond donors (Lipinski definition) is 0. The van der Waals surface area contributed by atoms with Crippen LogP contribution >= 0.6 is 11.5 Å². The van der Waals surface area contributed by atoms with Crippen molar-refractivity contribution in [1.29, 1.82) is 0 Å². The molecule has 0 aliphatic heterocycles. The highest BCUT2D eigenvalue weighted by Gasteiger charge is 2.16. The number of benzene rings is 1. The second-order valence-electron chi connectivity index (χ2n) is 3.66. The number of rotatable bonds is 3. The van der Waals surface area contributed by atoms with E-state index in [-0.39, 0.29) is 5.97 Å². The van der Waals surface area contributed by atoms with Crippen LogP contribution < -0.4 is 0 Å². The fraction of sp³-hybridized carbons (Fsp3) is 0.231. The van der Waals surface area contributed by atoms with Crippen LogP contribution in [0.5, 0.6) is 0 Å². The van der Waals surface area contributed by atoms with E-state index in [1.807, 2.05) is 31.2 Å². The van der Waals surface area contributed by atoms with Crippen LogP contribution in [0.1, 0.15) is 22.8 Å². The predicted molar refractivity (Wildman–Crippen MR) is 68.2 cm³/mol. The van der Waals surface area contributed by atoms with E-state index in [1.165, 1.54) is 17.1 Å². The maximum Gasteiger partial charge on any atom is 0.341 e. The van der Waals surface area contributed by atoms with Crippen molar-refractivity contribution in [3.63, 3.8) is 0 Å². The molecule has 0 radical (unpaired) electrons. The van der Waals surface area contributed by atoms with Crippen molar-refractivity contribution in [2.24, 2.45) is 0 Å². The highest BCUT2D eigenvalue weighted by molar-refractivity contribution is 7.04. The molecule has 0 N–H and O–H groups in total. The van der Waals surface area contributed by atoms with Crippen molar-refractivity contribution in [3.8, 4) is 11.3 Å². The number of nitrogens with zero attached hydrogens (tertiary/aromatic N) is 1. The van der Waals surface area contributed by atoms with Crippen LogP contribution in [-0.2, 0) is 4.74 Å². The lowest BCUT2D eigenvalue weighted by Gasteiger charge is -2.03. The standard InChI is InChI=1S/C13H13NO2S/c1-3-16-13(15)11-8-17-14-12(11)10-6-4-9(2)5-7-10/h4-8H,3H2,1-2H3. The molecule has 3 nitrogen and oxygen atoms in total. The lowest BCUT2D eigenvalue weighted by atomic mass is 10.1. The van der Waals surface area contributed by atoms with Crippen LogP contribution in [0.25, 0.3) is 11.3 Å². The summed E-state index contributed by atoms with van der Waals surface area (Å²) in [6.07, 6.45) is 0. The Labute approximate surface area is 104 Å². The van der Waals surface area contributed by atoms with Crippen molar-refractivity contribution in [1.82, 2.24) is 4.37 Å². The van der Waals surface area contributed by atoms with Gasteiger partial charge in [-0.3, -0.25) is 0 Å². The van der Waals surface area contributed by atoms with Gasteiger partial charge in [0, 0.05) is 10.9 Å². The highest BCUT2D eigenvalue weighted by Crippen LogP contribution is 2.25. The molecule has 0 aliphatic carbocycles. The van der Waals surface area contributed by atoms with Gasteiger partial charge in [0.2, 0.25) is 0 Å². The molecule has 17 heavy (non-hydrogen) atoms. The molecule has 0 saturated heterocycles. The molecule has 2 aromatic rings. The van der Waals surface area contributed by atoms with Crippen molar-refractivity contribution in [2.45, 2.75) is 13.8 Å². The third-order valence-corrected chi connectivity index (χ3v) is 3.02. The number of ether oxygens (including phenoxy) is 1. The molecule has 1 aromatic carbocycles. The van der Waals surface area contributed by atoms with E-state index in [0.29, 0.717) is 17.9 Å². The molecule has 88 valence electrons. The minimum absolute atomic E-state index is 0.308. The Morgan fingerprint density at radius 3 is 2.71 bits per heavy atom. The van der Waals surface area contributed by atoms with Crippen LogP contribution in [0.3, 0.4) is 0 Å².